The van der Waals surface area contributed by atoms with Crippen molar-refractivity contribution in [3.8, 4) is 11.5 Å². The summed E-state index contributed by atoms with van der Waals surface area (Å²) in [4.78, 5) is 54.6. The maximum atomic E-state index is 14.3. The average molecular weight is 898 g/mol. The summed E-state index contributed by atoms with van der Waals surface area (Å²) < 4.78 is 57.9. The van der Waals surface area contributed by atoms with Crippen LogP contribution in [0.5, 0.6) is 11.5 Å². The smallest absolute Gasteiger partial charge is 0.312 e. The van der Waals surface area contributed by atoms with Gasteiger partial charge in [-0.2, -0.15) is 0 Å². The maximum Gasteiger partial charge on any atom is 0.312 e. The highest BCUT2D eigenvalue weighted by atomic mass is 127. The largest absolute Gasteiger partial charge is 0.497 e. The summed E-state index contributed by atoms with van der Waals surface area (Å²) in [6, 6.07) is 19.0. The van der Waals surface area contributed by atoms with Gasteiger partial charge in [-0.05, 0) is 85.0 Å². The van der Waals surface area contributed by atoms with Gasteiger partial charge in [-0.25, -0.2) is 28.0 Å². The number of carbonyl (C=O) groups excluding carboxylic acids is 3. The molecule has 4 fully saturated rings. The molecule has 11 nitrogen and oxygen atoms in total. The zero-order chi connectivity index (χ0) is 40.0. The molecule has 0 radical (unpaired) electrons. The second-order valence-corrected chi connectivity index (χ2v) is 17.3. The molecule has 3 aliphatic carbocycles. The van der Waals surface area contributed by atoms with Crippen LogP contribution in [-0.4, -0.2) is 77.2 Å². The summed E-state index contributed by atoms with van der Waals surface area (Å²) in [6.45, 7) is 1.60. The first-order valence-corrected chi connectivity index (χ1v) is 20.3. The quantitative estimate of drug-likeness (QED) is 0.0392. The summed E-state index contributed by atoms with van der Waals surface area (Å²) >= 11 is 2.39. The number of fused-ring (bicyclic) bond motifs is 1. The molecule has 4 aromatic rings. The number of pyridine rings is 2. The van der Waals surface area contributed by atoms with Crippen molar-refractivity contribution in [3.05, 3.63) is 78.0 Å². The van der Waals surface area contributed by atoms with Crippen molar-refractivity contribution in [1.29, 1.82) is 0 Å². The molecule has 3 heterocycles. The molecule has 0 N–H and O–H groups in total. The molecule has 7 atom stereocenters. The first kappa shape index (κ1) is 39.2. The van der Waals surface area contributed by atoms with Gasteiger partial charge in [-0.15, -0.1) is 0 Å². The van der Waals surface area contributed by atoms with E-state index in [0.29, 0.717) is 60.0 Å². The molecule has 2 aromatic carbocycles. The zero-order valence-electron chi connectivity index (χ0n) is 31.6. The minimum absolute atomic E-state index is 0.000835. The number of alkyl halides is 4. The van der Waals surface area contributed by atoms with Gasteiger partial charge in [0.05, 0.1) is 42.1 Å². The monoisotopic (exact) mass is 897 g/mol. The molecular formula is C42H43F3IN5O6. The Morgan fingerprint density at radius 3 is 1.89 bits per heavy atom. The van der Waals surface area contributed by atoms with Gasteiger partial charge in [0.1, 0.15) is 47.5 Å². The van der Waals surface area contributed by atoms with Crippen LogP contribution in [0.2, 0.25) is 0 Å². The van der Waals surface area contributed by atoms with E-state index in [1.165, 1.54) is 0 Å². The Labute approximate surface area is 342 Å². The second kappa shape index (κ2) is 15.9. The second-order valence-electron chi connectivity index (χ2n) is 15.3. The van der Waals surface area contributed by atoms with Crippen LogP contribution in [0.1, 0.15) is 49.7 Å². The molecular weight excluding hydrogens is 854 g/mol. The van der Waals surface area contributed by atoms with Gasteiger partial charge < -0.3 is 24.0 Å². The lowest BCUT2D eigenvalue weighted by atomic mass is 10.1. The molecule has 0 bridgehead atoms. The molecule has 4 aliphatic rings. The standard InChI is InChI=1S/C42H43F3IN5O6/c1-55-27-8-4-24(5-9-27)22-49(23-25-6-10-28(56-2)11-7-25)38-32-21-47-36(51(39(52)29-18-33(29)43)40(53)30-19-34(30)44)16-26(32)17-37(48-38)50-14-3-12-42(50,46)13-15-57-41(54)31-20-35(31)45/h4-11,16-17,21,29-31,33-35H,3,12-15,18-20,22-23H2,1-2H3. The van der Waals surface area contributed by atoms with Crippen molar-refractivity contribution < 1.29 is 41.8 Å². The Morgan fingerprint density at radius 1 is 0.842 bits per heavy atom. The highest BCUT2D eigenvalue weighted by Crippen LogP contribution is 2.45. The third-order valence-corrected chi connectivity index (χ3v) is 12.9. The van der Waals surface area contributed by atoms with Crippen molar-refractivity contribution in [2.75, 3.05) is 42.1 Å². The van der Waals surface area contributed by atoms with Gasteiger partial charge >= 0.3 is 5.97 Å². The van der Waals surface area contributed by atoms with Crippen molar-refractivity contribution in [2.24, 2.45) is 17.8 Å². The van der Waals surface area contributed by atoms with E-state index in [4.69, 9.17) is 19.2 Å². The fraction of sp³-hybridized carbons (Fsp3) is 0.452. The van der Waals surface area contributed by atoms with E-state index >= 15 is 0 Å². The Hall–Kier alpha value is -4.67. The lowest BCUT2D eigenvalue weighted by Gasteiger charge is -2.35. The van der Waals surface area contributed by atoms with Gasteiger partial charge in [-0.1, -0.05) is 46.9 Å². The number of imide groups is 1. The van der Waals surface area contributed by atoms with E-state index in [0.717, 1.165) is 28.9 Å². The van der Waals surface area contributed by atoms with Crippen LogP contribution in [0.15, 0.2) is 66.9 Å². The highest BCUT2D eigenvalue weighted by molar-refractivity contribution is 14.1. The molecule has 15 heteroatoms. The fourth-order valence-corrected chi connectivity index (χ4v) is 8.56. The number of amides is 2. The first-order valence-electron chi connectivity index (χ1n) is 19.2. The number of anilines is 3. The maximum absolute atomic E-state index is 14.3. The third kappa shape index (κ3) is 8.35. The van der Waals surface area contributed by atoms with E-state index in [1.807, 2.05) is 54.6 Å². The minimum atomic E-state index is -1.37. The van der Waals surface area contributed by atoms with Crippen molar-refractivity contribution in [3.63, 3.8) is 0 Å². The number of hydrogen-bond acceptors (Lipinski definition) is 10. The van der Waals surface area contributed by atoms with Crippen LogP contribution in [0.3, 0.4) is 0 Å². The molecule has 8 rings (SSSR count). The number of aromatic nitrogens is 2. The molecule has 300 valence electrons. The van der Waals surface area contributed by atoms with Gasteiger partial charge in [0.2, 0.25) is 11.8 Å². The average Bonchev–Trinajstić information content (AvgIpc) is 4.18. The number of methoxy groups -OCH3 is 2. The molecule has 3 saturated carbocycles. The van der Waals surface area contributed by atoms with Crippen LogP contribution in [0, 0.1) is 17.8 Å². The zero-order valence-corrected chi connectivity index (χ0v) is 33.7. The molecule has 57 heavy (non-hydrogen) atoms. The Bertz CT molecular complexity index is 2090. The lowest BCUT2D eigenvalue weighted by Crippen LogP contribution is -2.41. The number of benzene rings is 2. The van der Waals surface area contributed by atoms with Crippen molar-refractivity contribution in [2.45, 2.75) is 73.7 Å². The predicted molar refractivity (Wildman–Crippen MR) is 216 cm³/mol. The highest BCUT2D eigenvalue weighted by Gasteiger charge is 2.53. The predicted octanol–water partition coefficient (Wildman–Crippen LogP) is 7.45. The van der Waals surface area contributed by atoms with Crippen LogP contribution in [-0.2, 0) is 32.2 Å². The van der Waals surface area contributed by atoms with Crippen LogP contribution in [0.25, 0.3) is 10.8 Å². The fourth-order valence-electron chi connectivity index (χ4n) is 7.47. The number of rotatable bonds is 15. The van der Waals surface area contributed by atoms with Gasteiger partial charge in [0.15, 0.2) is 0 Å². The molecule has 2 amide bonds. The molecule has 0 spiro atoms. The van der Waals surface area contributed by atoms with Crippen molar-refractivity contribution >= 4 is 68.6 Å². The van der Waals surface area contributed by atoms with Crippen LogP contribution < -0.4 is 24.2 Å². The number of carbonyl (C=O) groups is 3. The number of esters is 1. The van der Waals surface area contributed by atoms with Gasteiger partial charge in [0, 0.05) is 37.6 Å². The summed E-state index contributed by atoms with van der Waals surface area (Å²) in [6.07, 6.45) is -0.0376. The number of halogens is 4. The van der Waals surface area contributed by atoms with E-state index in [-0.39, 0.29) is 31.7 Å². The summed E-state index contributed by atoms with van der Waals surface area (Å²) in [5, 5.41) is 1.24. The Morgan fingerprint density at radius 2 is 1.39 bits per heavy atom. The van der Waals surface area contributed by atoms with E-state index in [1.54, 1.807) is 26.5 Å². The summed E-state index contributed by atoms with van der Waals surface area (Å²) in [7, 11) is 3.22. The van der Waals surface area contributed by atoms with E-state index in [2.05, 4.69) is 37.4 Å². The molecule has 2 aromatic heterocycles. The van der Waals surface area contributed by atoms with E-state index < -0.39 is 57.6 Å². The Kier molecular flexibility index (Phi) is 11.0. The Balaban J connectivity index is 1.22. The minimum Gasteiger partial charge on any atom is -0.497 e. The van der Waals surface area contributed by atoms with Crippen molar-refractivity contribution in [1.82, 2.24) is 9.97 Å². The summed E-state index contributed by atoms with van der Waals surface area (Å²) in [5.41, 5.74) is 1.95. The van der Waals surface area contributed by atoms with Gasteiger partial charge in [-0.3, -0.25) is 14.4 Å². The van der Waals surface area contributed by atoms with Crippen LogP contribution in [0.4, 0.5) is 30.6 Å². The molecule has 1 saturated heterocycles. The topological polar surface area (TPSA) is 114 Å². The lowest BCUT2D eigenvalue weighted by molar-refractivity contribution is -0.145. The van der Waals surface area contributed by atoms with Gasteiger partial charge in [0.25, 0.3) is 0 Å². The number of nitrogens with zero attached hydrogens (tertiary/aromatic N) is 5. The normalized spacial score (nSPS) is 25.8. The summed E-state index contributed by atoms with van der Waals surface area (Å²) in [5.74, 6) is -2.00. The first-order chi connectivity index (χ1) is 27.5. The SMILES string of the molecule is COc1ccc(CN(Cc2ccc(OC)cc2)c2nc(N3CCCC3(I)CCOC(=O)C3CC3F)cc3cc(N(C(=O)C4CC4F)C(=O)C4CC4F)ncc23)cc1. The molecule has 1 aliphatic heterocycles. The molecule has 7 unspecified atom stereocenters. The van der Waals surface area contributed by atoms with Crippen LogP contribution >= 0.6 is 22.6 Å². The van der Waals surface area contributed by atoms with E-state index in [9.17, 15) is 27.6 Å². The third-order valence-electron chi connectivity index (χ3n) is 11.2. The number of hydrogen-bond donors (Lipinski definition) is 0. The number of ether oxygens (including phenoxy) is 3.